The van der Waals surface area contributed by atoms with E-state index >= 15 is 0 Å². The van der Waals surface area contributed by atoms with Crippen LogP contribution in [0.1, 0.15) is 25.1 Å². The van der Waals surface area contributed by atoms with Gasteiger partial charge in [0.15, 0.2) is 5.82 Å². The van der Waals surface area contributed by atoms with Crippen LogP contribution < -0.4 is 10.2 Å². The minimum absolute atomic E-state index is 0.101. The van der Waals surface area contributed by atoms with Gasteiger partial charge in [-0.25, -0.2) is 13.8 Å². The molecule has 2 aliphatic rings. The molecule has 34 heavy (non-hydrogen) atoms. The van der Waals surface area contributed by atoms with Gasteiger partial charge in [-0.15, -0.1) is 0 Å². The van der Waals surface area contributed by atoms with Crippen LogP contribution >= 0.6 is 0 Å². The van der Waals surface area contributed by atoms with Crippen LogP contribution in [0.5, 0.6) is 0 Å². The lowest BCUT2D eigenvalue weighted by atomic mass is 10.1. The van der Waals surface area contributed by atoms with Crippen molar-refractivity contribution < 1.29 is 18.6 Å². The van der Waals surface area contributed by atoms with E-state index in [-0.39, 0.29) is 12.1 Å². The number of ether oxygens (including phenoxy) is 1. The first-order chi connectivity index (χ1) is 16.6. The fourth-order valence-corrected chi connectivity index (χ4v) is 4.31. The molecular formula is C22H28F2N8O2. The minimum atomic E-state index is -2.79. The summed E-state index contributed by atoms with van der Waals surface area (Å²) in [6, 6.07) is 6.95. The van der Waals surface area contributed by atoms with E-state index in [9.17, 15) is 13.9 Å². The number of halogens is 2. The summed E-state index contributed by atoms with van der Waals surface area (Å²) in [4.78, 5) is 22.0. The zero-order valence-corrected chi connectivity index (χ0v) is 18.8. The van der Waals surface area contributed by atoms with Gasteiger partial charge in [-0.05, 0) is 25.0 Å². The Labute approximate surface area is 195 Å². The molecule has 0 bridgehead atoms. The van der Waals surface area contributed by atoms with Gasteiger partial charge in [0.2, 0.25) is 17.8 Å². The van der Waals surface area contributed by atoms with Crippen LogP contribution in [0.15, 0.2) is 24.3 Å². The fourth-order valence-electron chi connectivity index (χ4n) is 4.31. The standard InChI is InChI=1S/C22H28F2N8O2/c23-18(24)19-26-16-3-1-2-4-17(16)32(19)22-28-20(25-7-10-30-8-5-15(33)6-9-30)27-21(29-22)31-11-13-34-14-12-31/h1-4,15,18,33H,5-14H2,(H,25,27,28,29). The molecule has 3 aromatic rings. The summed E-state index contributed by atoms with van der Waals surface area (Å²) in [5.74, 6) is 0.429. The van der Waals surface area contributed by atoms with Gasteiger partial charge < -0.3 is 25.0 Å². The lowest BCUT2D eigenvalue weighted by molar-refractivity contribution is 0.0845. The van der Waals surface area contributed by atoms with Crippen molar-refractivity contribution in [1.29, 1.82) is 0 Å². The van der Waals surface area contributed by atoms with E-state index in [4.69, 9.17) is 4.74 Å². The summed E-state index contributed by atoms with van der Waals surface area (Å²) in [6.45, 7) is 5.30. The second-order valence-electron chi connectivity index (χ2n) is 8.45. The number of anilines is 2. The third-order valence-corrected chi connectivity index (χ3v) is 6.16. The normalized spacial score (nSPS) is 18.2. The third kappa shape index (κ3) is 4.93. The molecule has 0 amide bonds. The summed E-state index contributed by atoms with van der Waals surface area (Å²) in [6.07, 6.45) is -1.48. The van der Waals surface area contributed by atoms with Crippen LogP contribution in [0.3, 0.4) is 0 Å². The van der Waals surface area contributed by atoms with Crippen LogP contribution in [0.2, 0.25) is 0 Å². The van der Waals surface area contributed by atoms with Gasteiger partial charge in [0.25, 0.3) is 6.43 Å². The van der Waals surface area contributed by atoms with E-state index in [1.54, 1.807) is 24.3 Å². The Morgan fingerprint density at radius 3 is 2.50 bits per heavy atom. The maximum Gasteiger partial charge on any atom is 0.296 e. The highest BCUT2D eigenvalue weighted by molar-refractivity contribution is 5.77. The number of aromatic nitrogens is 5. The molecule has 2 aromatic heterocycles. The number of imidazole rings is 1. The Morgan fingerprint density at radius 1 is 1.00 bits per heavy atom. The molecule has 0 radical (unpaired) electrons. The molecule has 12 heteroatoms. The van der Waals surface area contributed by atoms with Gasteiger partial charge in [-0.1, -0.05) is 12.1 Å². The van der Waals surface area contributed by atoms with E-state index in [0.29, 0.717) is 55.8 Å². The van der Waals surface area contributed by atoms with Gasteiger partial charge in [0, 0.05) is 39.3 Å². The Balaban J connectivity index is 1.46. The summed E-state index contributed by atoms with van der Waals surface area (Å²) >= 11 is 0. The number of fused-ring (bicyclic) bond motifs is 1. The molecule has 2 saturated heterocycles. The topological polar surface area (TPSA) is 104 Å². The van der Waals surface area contributed by atoms with Crippen LogP contribution in [-0.4, -0.2) is 93.1 Å². The van der Waals surface area contributed by atoms with Crippen LogP contribution in [0, 0.1) is 0 Å². The lowest BCUT2D eigenvalue weighted by Gasteiger charge is -2.29. The molecule has 0 atom stereocenters. The quantitative estimate of drug-likeness (QED) is 0.531. The molecule has 5 rings (SSSR count). The Bertz CT molecular complexity index is 1110. The maximum atomic E-state index is 13.9. The molecule has 4 heterocycles. The van der Waals surface area contributed by atoms with Crippen molar-refractivity contribution in [3.05, 3.63) is 30.1 Å². The number of para-hydroxylation sites is 2. The third-order valence-electron chi connectivity index (χ3n) is 6.16. The molecule has 1 aromatic carbocycles. The lowest BCUT2D eigenvalue weighted by Crippen LogP contribution is -2.39. The molecule has 2 N–H and O–H groups in total. The zero-order valence-electron chi connectivity index (χ0n) is 18.8. The predicted octanol–water partition coefficient (Wildman–Crippen LogP) is 1.85. The maximum absolute atomic E-state index is 13.9. The van der Waals surface area contributed by atoms with Gasteiger partial charge in [-0.3, -0.25) is 4.57 Å². The molecule has 0 saturated carbocycles. The number of hydrogen-bond donors (Lipinski definition) is 2. The number of likely N-dealkylation sites (tertiary alicyclic amines) is 1. The number of piperidine rings is 1. The number of benzene rings is 1. The molecule has 182 valence electrons. The van der Waals surface area contributed by atoms with E-state index in [0.717, 1.165) is 32.5 Å². The first-order valence-corrected chi connectivity index (χ1v) is 11.6. The van der Waals surface area contributed by atoms with E-state index in [1.165, 1.54) is 4.57 Å². The summed E-state index contributed by atoms with van der Waals surface area (Å²) < 4.78 is 34.6. The average Bonchev–Trinajstić information content (AvgIpc) is 3.26. The highest BCUT2D eigenvalue weighted by Crippen LogP contribution is 2.27. The second kappa shape index (κ2) is 10.1. The largest absolute Gasteiger partial charge is 0.393 e. The SMILES string of the molecule is OC1CCN(CCNc2nc(N3CCOCC3)nc(-n3c(C(F)F)nc4ccccc43)n2)CC1. The summed E-state index contributed by atoms with van der Waals surface area (Å²) in [5, 5.41) is 12.9. The number of nitrogens with zero attached hydrogens (tertiary/aromatic N) is 7. The van der Waals surface area contributed by atoms with E-state index in [1.807, 2.05) is 4.90 Å². The van der Waals surface area contributed by atoms with Gasteiger partial charge >= 0.3 is 0 Å². The molecule has 0 spiro atoms. The average molecular weight is 475 g/mol. The fraction of sp³-hybridized carbons (Fsp3) is 0.545. The Morgan fingerprint density at radius 2 is 1.74 bits per heavy atom. The first-order valence-electron chi connectivity index (χ1n) is 11.6. The molecule has 2 fully saturated rings. The number of nitrogens with one attached hydrogen (secondary N) is 1. The van der Waals surface area contributed by atoms with Crippen molar-refractivity contribution in [3.63, 3.8) is 0 Å². The first kappa shape index (κ1) is 22.8. The van der Waals surface area contributed by atoms with Crippen molar-refractivity contribution in [3.8, 4) is 5.95 Å². The van der Waals surface area contributed by atoms with Crippen molar-refractivity contribution in [2.24, 2.45) is 0 Å². The molecule has 2 aliphatic heterocycles. The number of rotatable bonds is 7. The minimum Gasteiger partial charge on any atom is -0.393 e. The number of aliphatic hydroxyl groups excluding tert-OH is 1. The molecule has 10 nitrogen and oxygen atoms in total. The van der Waals surface area contributed by atoms with Crippen LogP contribution in [0.25, 0.3) is 17.0 Å². The summed E-state index contributed by atoms with van der Waals surface area (Å²) in [7, 11) is 0. The van der Waals surface area contributed by atoms with Crippen molar-refractivity contribution in [2.45, 2.75) is 25.4 Å². The smallest absolute Gasteiger partial charge is 0.296 e. The van der Waals surface area contributed by atoms with Crippen molar-refractivity contribution >= 4 is 22.9 Å². The van der Waals surface area contributed by atoms with E-state index < -0.39 is 12.2 Å². The number of aliphatic hydroxyl groups is 1. The number of morpholine rings is 1. The summed E-state index contributed by atoms with van der Waals surface area (Å²) in [5.41, 5.74) is 0.961. The van der Waals surface area contributed by atoms with Crippen LogP contribution in [0.4, 0.5) is 20.7 Å². The number of alkyl halides is 2. The number of hydrogen-bond acceptors (Lipinski definition) is 9. The Hall–Kier alpha value is -2.96. The van der Waals surface area contributed by atoms with Crippen molar-refractivity contribution in [1.82, 2.24) is 29.4 Å². The van der Waals surface area contributed by atoms with Gasteiger partial charge in [0.1, 0.15) is 0 Å². The van der Waals surface area contributed by atoms with Gasteiger partial charge in [0.05, 0.1) is 30.4 Å². The monoisotopic (exact) mass is 474 g/mol. The highest BCUT2D eigenvalue weighted by atomic mass is 19.3. The van der Waals surface area contributed by atoms with Crippen molar-refractivity contribution in [2.75, 3.05) is 62.7 Å². The molecular weight excluding hydrogens is 446 g/mol. The highest BCUT2D eigenvalue weighted by Gasteiger charge is 2.24. The Kier molecular flexibility index (Phi) is 6.79. The van der Waals surface area contributed by atoms with Crippen LogP contribution in [-0.2, 0) is 4.74 Å². The molecule has 0 aliphatic carbocycles. The van der Waals surface area contributed by atoms with Gasteiger partial charge in [-0.2, -0.15) is 15.0 Å². The second-order valence-corrected chi connectivity index (χ2v) is 8.45. The zero-order chi connectivity index (χ0) is 23.5. The van der Waals surface area contributed by atoms with E-state index in [2.05, 4.69) is 30.2 Å². The predicted molar refractivity (Wildman–Crippen MR) is 123 cm³/mol. The molecule has 0 unspecified atom stereocenters.